The van der Waals surface area contributed by atoms with Crippen molar-refractivity contribution in [2.75, 3.05) is 26.1 Å². The van der Waals surface area contributed by atoms with Gasteiger partial charge in [-0.1, -0.05) is 12.1 Å². The molecule has 100 valence electrons. The number of para-hydroxylation sites is 1. The number of nitrogens with zero attached hydrogens (tertiary/aromatic N) is 3. The zero-order valence-electron chi connectivity index (χ0n) is 11.4. The van der Waals surface area contributed by atoms with Gasteiger partial charge in [-0.25, -0.2) is 9.97 Å². The summed E-state index contributed by atoms with van der Waals surface area (Å²) in [4.78, 5) is 10.8. The van der Waals surface area contributed by atoms with Crippen molar-refractivity contribution in [3.05, 3.63) is 36.0 Å². The van der Waals surface area contributed by atoms with E-state index in [1.54, 1.807) is 7.11 Å². The fourth-order valence-corrected chi connectivity index (χ4v) is 1.78. The lowest BCUT2D eigenvalue weighted by molar-refractivity contribution is 0.416. The molecular formula is C14H18N4O. The van der Waals surface area contributed by atoms with Gasteiger partial charge in [0.2, 0.25) is 5.95 Å². The summed E-state index contributed by atoms with van der Waals surface area (Å²) in [6, 6.07) is 9.66. The van der Waals surface area contributed by atoms with Gasteiger partial charge in [0.1, 0.15) is 5.75 Å². The van der Waals surface area contributed by atoms with Crippen molar-refractivity contribution >= 4 is 5.95 Å². The summed E-state index contributed by atoms with van der Waals surface area (Å²) in [5.74, 6) is 1.43. The summed E-state index contributed by atoms with van der Waals surface area (Å²) in [7, 11) is 5.46. The van der Waals surface area contributed by atoms with E-state index in [0.717, 1.165) is 22.7 Å². The first-order valence-corrected chi connectivity index (χ1v) is 6.04. The molecule has 5 heteroatoms. The molecule has 1 aromatic heterocycles. The van der Waals surface area contributed by atoms with Crippen LogP contribution in [0.5, 0.6) is 5.75 Å². The van der Waals surface area contributed by atoms with E-state index in [1.165, 1.54) is 0 Å². The van der Waals surface area contributed by atoms with Crippen LogP contribution >= 0.6 is 0 Å². The minimum absolute atomic E-state index is 0.380. The highest BCUT2D eigenvalue weighted by atomic mass is 16.5. The van der Waals surface area contributed by atoms with Crippen molar-refractivity contribution in [1.29, 1.82) is 0 Å². The number of ether oxygens (including phenoxy) is 1. The van der Waals surface area contributed by atoms with E-state index in [4.69, 9.17) is 10.5 Å². The topological polar surface area (TPSA) is 64.3 Å². The van der Waals surface area contributed by atoms with Crippen molar-refractivity contribution in [1.82, 2.24) is 9.97 Å². The van der Waals surface area contributed by atoms with Crippen LogP contribution in [0.1, 0.15) is 5.69 Å². The summed E-state index contributed by atoms with van der Waals surface area (Å²) in [5.41, 5.74) is 8.25. The van der Waals surface area contributed by atoms with Gasteiger partial charge in [0, 0.05) is 26.2 Å². The molecular weight excluding hydrogens is 240 g/mol. The van der Waals surface area contributed by atoms with Crippen LogP contribution in [0.25, 0.3) is 11.3 Å². The van der Waals surface area contributed by atoms with E-state index in [1.807, 2.05) is 49.3 Å². The zero-order valence-corrected chi connectivity index (χ0v) is 11.4. The third-order valence-electron chi connectivity index (χ3n) is 2.76. The number of aromatic nitrogens is 2. The molecule has 0 atom stereocenters. The van der Waals surface area contributed by atoms with E-state index >= 15 is 0 Å². The van der Waals surface area contributed by atoms with Gasteiger partial charge in [0.25, 0.3) is 0 Å². The molecule has 0 spiro atoms. The molecule has 0 radical (unpaired) electrons. The molecule has 0 aliphatic carbocycles. The van der Waals surface area contributed by atoms with Crippen LogP contribution in [0.3, 0.4) is 0 Å². The van der Waals surface area contributed by atoms with Crippen molar-refractivity contribution < 1.29 is 4.74 Å². The summed E-state index contributed by atoms with van der Waals surface area (Å²) < 4.78 is 5.37. The maximum Gasteiger partial charge on any atom is 0.225 e. The lowest BCUT2D eigenvalue weighted by Gasteiger charge is -2.14. The fourth-order valence-electron chi connectivity index (χ4n) is 1.78. The SMILES string of the molecule is COc1ccccc1-c1cc(CN)nc(N(C)C)n1. The molecule has 1 heterocycles. The van der Waals surface area contributed by atoms with Crippen LogP contribution < -0.4 is 15.4 Å². The standard InChI is InChI=1S/C14H18N4O/c1-18(2)14-16-10(9-15)8-12(17-14)11-6-4-5-7-13(11)19-3/h4-8H,9,15H2,1-3H3. The van der Waals surface area contributed by atoms with Gasteiger partial charge in [0.15, 0.2) is 0 Å². The van der Waals surface area contributed by atoms with Crippen LogP contribution in [-0.4, -0.2) is 31.2 Å². The molecule has 0 unspecified atom stereocenters. The predicted molar refractivity (Wildman–Crippen MR) is 76.2 cm³/mol. The summed E-state index contributed by atoms with van der Waals surface area (Å²) >= 11 is 0. The van der Waals surface area contributed by atoms with E-state index in [9.17, 15) is 0 Å². The van der Waals surface area contributed by atoms with Crippen molar-refractivity contribution in [3.8, 4) is 17.0 Å². The Bertz CT molecular complexity index is 569. The van der Waals surface area contributed by atoms with E-state index in [-0.39, 0.29) is 0 Å². The average molecular weight is 258 g/mol. The number of rotatable bonds is 4. The maximum atomic E-state index is 5.70. The molecule has 0 amide bonds. The molecule has 0 saturated heterocycles. The van der Waals surface area contributed by atoms with Crippen LogP contribution in [0.4, 0.5) is 5.95 Å². The van der Waals surface area contributed by atoms with Crippen molar-refractivity contribution in [2.24, 2.45) is 5.73 Å². The fraction of sp³-hybridized carbons (Fsp3) is 0.286. The number of nitrogens with two attached hydrogens (primary N) is 1. The van der Waals surface area contributed by atoms with Gasteiger partial charge >= 0.3 is 0 Å². The summed E-state index contributed by atoms with van der Waals surface area (Å²) in [5, 5.41) is 0. The third-order valence-corrected chi connectivity index (χ3v) is 2.76. The zero-order chi connectivity index (χ0) is 13.8. The molecule has 19 heavy (non-hydrogen) atoms. The molecule has 2 aromatic rings. The smallest absolute Gasteiger partial charge is 0.225 e. The highest BCUT2D eigenvalue weighted by Crippen LogP contribution is 2.29. The van der Waals surface area contributed by atoms with Crippen molar-refractivity contribution in [3.63, 3.8) is 0 Å². The number of benzene rings is 1. The van der Waals surface area contributed by atoms with Crippen LogP contribution in [-0.2, 0) is 6.54 Å². The van der Waals surface area contributed by atoms with E-state index in [2.05, 4.69) is 9.97 Å². The monoisotopic (exact) mass is 258 g/mol. The average Bonchev–Trinajstić information content (AvgIpc) is 2.46. The lowest BCUT2D eigenvalue weighted by Crippen LogP contribution is -2.15. The van der Waals surface area contributed by atoms with Gasteiger partial charge in [-0.05, 0) is 18.2 Å². The second kappa shape index (κ2) is 5.67. The Morgan fingerprint density at radius 1 is 1.21 bits per heavy atom. The molecule has 0 aliphatic rings. The molecule has 0 fully saturated rings. The van der Waals surface area contributed by atoms with Gasteiger partial charge < -0.3 is 15.4 Å². The highest BCUT2D eigenvalue weighted by Gasteiger charge is 2.11. The minimum Gasteiger partial charge on any atom is -0.496 e. The second-order valence-electron chi connectivity index (χ2n) is 4.34. The number of methoxy groups -OCH3 is 1. The Morgan fingerprint density at radius 2 is 1.95 bits per heavy atom. The highest BCUT2D eigenvalue weighted by molar-refractivity contribution is 5.68. The minimum atomic E-state index is 0.380. The second-order valence-corrected chi connectivity index (χ2v) is 4.34. The number of hydrogen-bond donors (Lipinski definition) is 1. The van der Waals surface area contributed by atoms with Gasteiger partial charge in [-0.3, -0.25) is 0 Å². The molecule has 0 bridgehead atoms. The molecule has 5 nitrogen and oxygen atoms in total. The number of hydrogen-bond acceptors (Lipinski definition) is 5. The Morgan fingerprint density at radius 3 is 2.58 bits per heavy atom. The Hall–Kier alpha value is -2.14. The Labute approximate surface area is 113 Å². The molecule has 1 aromatic carbocycles. The number of anilines is 1. The Balaban J connectivity index is 2.57. The van der Waals surface area contributed by atoms with Gasteiger partial charge in [0.05, 0.1) is 18.5 Å². The largest absolute Gasteiger partial charge is 0.496 e. The molecule has 2 N–H and O–H groups in total. The first kappa shape index (κ1) is 13.3. The summed E-state index contributed by atoms with van der Waals surface area (Å²) in [6.07, 6.45) is 0. The molecule has 0 saturated carbocycles. The summed E-state index contributed by atoms with van der Waals surface area (Å²) in [6.45, 7) is 0.380. The quantitative estimate of drug-likeness (QED) is 0.904. The third kappa shape index (κ3) is 2.82. The van der Waals surface area contributed by atoms with E-state index in [0.29, 0.717) is 12.5 Å². The van der Waals surface area contributed by atoms with Crippen LogP contribution in [0, 0.1) is 0 Å². The van der Waals surface area contributed by atoms with Crippen LogP contribution in [0.15, 0.2) is 30.3 Å². The normalized spacial score (nSPS) is 10.3. The van der Waals surface area contributed by atoms with E-state index < -0.39 is 0 Å². The first-order chi connectivity index (χ1) is 9.15. The lowest BCUT2D eigenvalue weighted by atomic mass is 10.1. The van der Waals surface area contributed by atoms with Gasteiger partial charge in [-0.15, -0.1) is 0 Å². The first-order valence-electron chi connectivity index (χ1n) is 6.04. The maximum absolute atomic E-state index is 5.70. The molecule has 0 aliphatic heterocycles. The Kier molecular flexibility index (Phi) is 3.97. The molecule has 2 rings (SSSR count). The van der Waals surface area contributed by atoms with Crippen molar-refractivity contribution in [2.45, 2.75) is 6.54 Å². The van der Waals surface area contributed by atoms with Gasteiger partial charge in [-0.2, -0.15) is 0 Å². The predicted octanol–water partition coefficient (Wildman–Crippen LogP) is 1.68. The van der Waals surface area contributed by atoms with Crippen LogP contribution in [0.2, 0.25) is 0 Å².